The summed E-state index contributed by atoms with van der Waals surface area (Å²) in [5.41, 5.74) is 2.93. The minimum atomic E-state index is -2.28. The Morgan fingerprint density at radius 2 is 1.34 bits per heavy atom. The Labute approximate surface area is 179 Å². The molecule has 0 radical (unpaired) electrons. The first-order valence-electron chi connectivity index (χ1n) is 10.7. The average molecular weight is 423 g/mol. The summed E-state index contributed by atoms with van der Waals surface area (Å²) in [4.78, 5) is 0. The van der Waals surface area contributed by atoms with Gasteiger partial charge in [0.05, 0.1) is 0 Å². The molecule has 1 aromatic rings. The summed E-state index contributed by atoms with van der Waals surface area (Å²) >= 11 is 0. The molecule has 4 nitrogen and oxygen atoms in total. The van der Waals surface area contributed by atoms with Gasteiger partial charge in [0.25, 0.3) is 0 Å². The highest BCUT2D eigenvalue weighted by atomic mass is 31.1. The SMILES string of the molecule is Cc1cc(C(C)(C)C)c(O[P+](=O)OC2CC(C)(C)NC(C)(C)C2)c(C(C)(C)C)c1. The Morgan fingerprint density at radius 3 is 1.72 bits per heavy atom. The van der Waals surface area contributed by atoms with Crippen LogP contribution in [0.5, 0.6) is 5.75 Å². The fourth-order valence-electron chi connectivity index (χ4n) is 4.51. The third kappa shape index (κ3) is 6.51. The average Bonchev–Trinajstić information content (AvgIpc) is 2.42. The molecule has 1 aliphatic rings. The van der Waals surface area contributed by atoms with Crippen molar-refractivity contribution in [3.63, 3.8) is 0 Å². The van der Waals surface area contributed by atoms with Gasteiger partial charge in [0.2, 0.25) is 0 Å². The van der Waals surface area contributed by atoms with E-state index in [1.807, 2.05) is 0 Å². The van der Waals surface area contributed by atoms with Crippen molar-refractivity contribution in [2.75, 3.05) is 0 Å². The van der Waals surface area contributed by atoms with Crippen molar-refractivity contribution in [1.82, 2.24) is 5.32 Å². The Bertz CT molecular complexity index is 718. The zero-order chi connectivity index (χ0) is 22.4. The van der Waals surface area contributed by atoms with Crippen molar-refractivity contribution in [2.45, 2.75) is 117 Å². The van der Waals surface area contributed by atoms with E-state index in [2.05, 4.69) is 93.6 Å². The van der Waals surface area contributed by atoms with Gasteiger partial charge in [-0.2, -0.15) is 0 Å². The molecule has 164 valence electrons. The second-order valence-corrected chi connectivity index (χ2v) is 12.9. The predicted octanol–water partition coefficient (Wildman–Crippen LogP) is 6.95. The van der Waals surface area contributed by atoms with Crippen LogP contribution in [0.3, 0.4) is 0 Å². The number of piperidine rings is 1. The Hall–Kier alpha value is -0.960. The van der Waals surface area contributed by atoms with Crippen LogP contribution in [0.2, 0.25) is 0 Å². The molecular formula is C24H41NO3P+. The third-order valence-corrected chi connectivity index (χ3v) is 6.20. The normalized spacial score (nSPS) is 20.4. The van der Waals surface area contributed by atoms with Gasteiger partial charge in [0, 0.05) is 26.8 Å². The first-order chi connectivity index (χ1) is 12.9. The number of benzene rings is 1. The van der Waals surface area contributed by atoms with Gasteiger partial charge >= 0.3 is 8.25 Å². The standard InChI is InChI=1S/C24H41NO3P/c1-16-12-18(21(2,3)4)20(19(13-16)22(5,6)7)28-29(26)27-17-14-23(8,9)25-24(10,11)15-17/h12-13,17,25H,14-15H2,1-11H3/q+1. The van der Waals surface area contributed by atoms with Crippen LogP contribution in [0.25, 0.3) is 0 Å². The number of hydrogen-bond donors (Lipinski definition) is 1. The maximum Gasteiger partial charge on any atom is 0.750 e. The van der Waals surface area contributed by atoms with Gasteiger partial charge in [0.1, 0.15) is 6.10 Å². The quantitative estimate of drug-likeness (QED) is 0.533. The lowest BCUT2D eigenvalue weighted by Crippen LogP contribution is -2.59. The lowest BCUT2D eigenvalue weighted by atomic mass is 9.78. The molecule has 0 amide bonds. The monoisotopic (exact) mass is 422 g/mol. The van der Waals surface area contributed by atoms with E-state index >= 15 is 0 Å². The minimum absolute atomic E-state index is 0.0699. The van der Waals surface area contributed by atoms with Crippen molar-refractivity contribution in [1.29, 1.82) is 0 Å². The molecule has 1 saturated heterocycles. The molecule has 5 heteroatoms. The Morgan fingerprint density at radius 1 is 0.931 bits per heavy atom. The van der Waals surface area contributed by atoms with E-state index in [1.54, 1.807) is 0 Å². The number of hydrogen-bond acceptors (Lipinski definition) is 4. The van der Waals surface area contributed by atoms with E-state index in [0.29, 0.717) is 5.75 Å². The zero-order valence-corrected chi connectivity index (χ0v) is 21.2. The molecule has 1 N–H and O–H groups in total. The fraction of sp³-hybridized carbons (Fsp3) is 0.750. The summed E-state index contributed by atoms with van der Waals surface area (Å²) in [6.45, 7) is 23.7. The van der Waals surface area contributed by atoms with Gasteiger partial charge < -0.3 is 5.32 Å². The van der Waals surface area contributed by atoms with E-state index in [9.17, 15) is 4.57 Å². The number of nitrogens with one attached hydrogen (secondary N) is 1. The van der Waals surface area contributed by atoms with Gasteiger partial charge in [-0.15, -0.1) is 4.52 Å². The highest BCUT2D eigenvalue weighted by molar-refractivity contribution is 7.33. The van der Waals surface area contributed by atoms with Crippen LogP contribution in [-0.2, 0) is 19.9 Å². The second-order valence-electron chi connectivity index (χ2n) is 12.0. The summed E-state index contributed by atoms with van der Waals surface area (Å²) in [5, 5.41) is 3.63. The molecule has 1 aromatic carbocycles. The van der Waals surface area contributed by atoms with Crippen molar-refractivity contribution < 1.29 is 13.6 Å². The smallest absolute Gasteiger partial charge is 0.307 e. The van der Waals surface area contributed by atoms with Gasteiger partial charge in [-0.05, 0) is 58.3 Å². The number of rotatable bonds is 4. The van der Waals surface area contributed by atoms with Gasteiger partial charge in [0.15, 0.2) is 5.75 Å². The topological polar surface area (TPSA) is 47.6 Å². The van der Waals surface area contributed by atoms with Gasteiger partial charge in [-0.25, -0.2) is 4.52 Å². The van der Waals surface area contributed by atoms with Crippen molar-refractivity contribution in [3.8, 4) is 5.75 Å². The van der Waals surface area contributed by atoms with Crippen LogP contribution in [-0.4, -0.2) is 17.2 Å². The molecule has 0 bridgehead atoms. The van der Waals surface area contributed by atoms with Gasteiger partial charge in [-0.1, -0.05) is 59.2 Å². The van der Waals surface area contributed by atoms with Crippen molar-refractivity contribution >= 4 is 8.25 Å². The van der Waals surface area contributed by atoms with Gasteiger partial charge in [-0.3, -0.25) is 0 Å². The molecule has 0 aliphatic carbocycles. The third-order valence-electron chi connectivity index (χ3n) is 5.40. The second kappa shape index (κ2) is 7.94. The van der Waals surface area contributed by atoms with E-state index in [4.69, 9.17) is 9.05 Å². The molecule has 29 heavy (non-hydrogen) atoms. The highest BCUT2D eigenvalue weighted by Crippen LogP contribution is 2.45. The highest BCUT2D eigenvalue weighted by Gasteiger charge is 2.43. The molecule has 2 rings (SSSR count). The summed E-state index contributed by atoms with van der Waals surface area (Å²) < 4.78 is 25.1. The minimum Gasteiger partial charge on any atom is -0.307 e. The largest absolute Gasteiger partial charge is 0.750 e. The zero-order valence-electron chi connectivity index (χ0n) is 20.3. The molecule has 0 aromatic heterocycles. The van der Waals surface area contributed by atoms with Crippen molar-refractivity contribution in [2.24, 2.45) is 0 Å². The predicted molar refractivity (Wildman–Crippen MR) is 122 cm³/mol. The Kier molecular flexibility index (Phi) is 6.66. The maximum atomic E-state index is 13.0. The van der Waals surface area contributed by atoms with Crippen LogP contribution in [0.4, 0.5) is 0 Å². The lowest BCUT2D eigenvalue weighted by molar-refractivity contribution is 0.0549. The molecule has 1 atom stereocenters. The van der Waals surface area contributed by atoms with E-state index < -0.39 is 8.25 Å². The summed E-state index contributed by atoms with van der Waals surface area (Å²) in [6.07, 6.45) is 1.49. The number of aryl methyl sites for hydroxylation is 1. The van der Waals surface area contributed by atoms with Crippen molar-refractivity contribution in [3.05, 3.63) is 28.8 Å². The Balaban J connectivity index is 2.34. The van der Waals surface area contributed by atoms with Crippen LogP contribution >= 0.6 is 8.25 Å². The maximum absolute atomic E-state index is 13.0. The first-order valence-corrected chi connectivity index (χ1v) is 11.8. The first kappa shape index (κ1) is 24.3. The van der Waals surface area contributed by atoms with E-state index in [1.165, 1.54) is 5.56 Å². The summed E-state index contributed by atoms with van der Waals surface area (Å²) in [6, 6.07) is 4.29. The molecule has 0 saturated carbocycles. The van der Waals surface area contributed by atoms with Crippen LogP contribution in [0, 0.1) is 6.92 Å². The van der Waals surface area contributed by atoms with Crippen LogP contribution in [0.1, 0.15) is 98.8 Å². The summed E-state index contributed by atoms with van der Waals surface area (Å²) in [5.74, 6) is 0.712. The molecular weight excluding hydrogens is 381 g/mol. The van der Waals surface area contributed by atoms with Crippen LogP contribution in [0.15, 0.2) is 12.1 Å². The summed E-state index contributed by atoms with van der Waals surface area (Å²) in [7, 11) is -2.28. The molecule has 1 fully saturated rings. The van der Waals surface area contributed by atoms with E-state index in [-0.39, 0.29) is 28.0 Å². The lowest BCUT2D eigenvalue weighted by Gasteiger charge is -2.44. The molecule has 1 aliphatic heterocycles. The van der Waals surface area contributed by atoms with Crippen LogP contribution < -0.4 is 9.84 Å². The van der Waals surface area contributed by atoms with E-state index in [0.717, 1.165) is 24.0 Å². The molecule has 1 heterocycles. The fourth-order valence-corrected chi connectivity index (χ4v) is 5.29. The molecule has 0 spiro atoms. The molecule has 1 unspecified atom stereocenters.